The highest BCUT2D eigenvalue weighted by molar-refractivity contribution is 5.96. The second-order valence-corrected chi connectivity index (χ2v) is 6.68. The highest BCUT2D eigenvalue weighted by atomic mass is 16.2. The zero-order valence-electron chi connectivity index (χ0n) is 15.4. The van der Waals surface area contributed by atoms with E-state index in [1.807, 2.05) is 19.9 Å². The largest absolute Gasteiger partial charge is 0.354 e. The minimum atomic E-state index is -0.258. The zero-order valence-corrected chi connectivity index (χ0v) is 15.4. The van der Waals surface area contributed by atoms with Crippen molar-refractivity contribution in [3.63, 3.8) is 0 Å². The lowest BCUT2D eigenvalue weighted by atomic mass is 10.0. The molecule has 9 nitrogen and oxygen atoms in total. The topological polar surface area (TPSA) is 119 Å². The number of amides is 3. The Hall–Kier alpha value is -3.36. The summed E-state index contributed by atoms with van der Waals surface area (Å²) >= 11 is 0. The molecule has 0 saturated heterocycles. The average Bonchev–Trinajstić information content (AvgIpc) is 3.31. The van der Waals surface area contributed by atoms with Crippen LogP contribution in [0.4, 0.5) is 10.5 Å². The first-order valence-electron chi connectivity index (χ1n) is 8.77. The maximum Gasteiger partial charge on any atom is 0.322 e. The van der Waals surface area contributed by atoms with Crippen molar-refractivity contribution in [3.8, 4) is 0 Å². The van der Waals surface area contributed by atoms with E-state index in [-0.39, 0.29) is 11.9 Å². The van der Waals surface area contributed by atoms with E-state index in [0.29, 0.717) is 25.2 Å². The maximum atomic E-state index is 12.8. The number of nitrogens with one attached hydrogen (secondary N) is 4. The smallest absolute Gasteiger partial charge is 0.322 e. The van der Waals surface area contributed by atoms with Crippen LogP contribution in [0.25, 0.3) is 11.0 Å². The summed E-state index contributed by atoms with van der Waals surface area (Å²) in [5, 5.41) is 12.6. The maximum absolute atomic E-state index is 12.8. The number of H-pyrrole nitrogens is 2. The lowest BCUT2D eigenvalue weighted by molar-refractivity contribution is 0.0956. The van der Waals surface area contributed by atoms with Crippen LogP contribution < -0.4 is 10.6 Å². The third-order valence-electron chi connectivity index (χ3n) is 5.18. The molecule has 3 heterocycles. The summed E-state index contributed by atoms with van der Waals surface area (Å²) in [7, 11) is 1.56. The highest BCUT2D eigenvalue weighted by Gasteiger charge is 2.27. The molecule has 3 amide bonds. The SMILES string of the molecule is CNC(=O)c1n[nH]c2c1CN(C(=O)Nc1cc3[nH]cnc3c(C)c1C)CC2. The number of aromatic nitrogens is 4. The van der Waals surface area contributed by atoms with Crippen LogP contribution in [0.5, 0.6) is 0 Å². The van der Waals surface area contributed by atoms with Gasteiger partial charge < -0.3 is 20.5 Å². The number of imidazole rings is 1. The highest BCUT2D eigenvalue weighted by Crippen LogP contribution is 2.27. The number of fused-ring (bicyclic) bond motifs is 2. The summed E-state index contributed by atoms with van der Waals surface area (Å²) in [6.07, 6.45) is 2.28. The van der Waals surface area contributed by atoms with Crippen LogP contribution in [-0.4, -0.2) is 50.6 Å². The van der Waals surface area contributed by atoms with Crippen LogP contribution in [0.3, 0.4) is 0 Å². The van der Waals surface area contributed by atoms with Crippen LogP contribution in [0, 0.1) is 13.8 Å². The molecule has 0 unspecified atom stereocenters. The number of urea groups is 1. The molecule has 2 aromatic heterocycles. The Labute approximate surface area is 155 Å². The quantitative estimate of drug-likeness (QED) is 0.553. The number of aromatic amines is 2. The normalized spacial score (nSPS) is 13.5. The van der Waals surface area contributed by atoms with Crippen LogP contribution in [-0.2, 0) is 13.0 Å². The predicted molar refractivity (Wildman–Crippen MR) is 101 cm³/mol. The summed E-state index contributed by atoms with van der Waals surface area (Å²) < 4.78 is 0. The van der Waals surface area contributed by atoms with Gasteiger partial charge in [-0.3, -0.25) is 9.89 Å². The van der Waals surface area contributed by atoms with Crippen molar-refractivity contribution in [2.24, 2.45) is 0 Å². The molecule has 1 aliphatic rings. The molecule has 0 aliphatic carbocycles. The molecule has 140 valence electrons. The summed E-state index contributed by atoms with van der Waals surface area (Å²) in [6.45, 7) is 4.85. The molecule has 0 fully saturated rings. The molecule has 0 bridgehead atoms. The molecule has 4 N–H and O–H groups in total. The van der Waals surface area contributed by atoms with Crippen molar-refractivity contribution in [1.29, 1.82) is 0 Å². The fraction of sp³-hybridized carbons (Fsp3) is 0.333. The van der Waals surface area contributed by atoms with E-state index >= 15 is 0 Å². The van der Waals surface area contributed by atoms with Gasteiger partial charge in [-0.15, -0.1) is 0 Å². The van der Waals surface area contributed by atoms with Crippen molar-refractivity contribution < 1.29 is 9.59 Å². The van der Waals surface area contributed by atoms with Gasteiger partial charge in [0.25, 0.3) is 5.91 Å². The molecule has 27 heavy (non-hydrogen) atoms. The number of hydrogen-bond donors (Lipinski definition) is 4. The molecule has 0 atom stereocenters. The van der Waals surface area contributed by atoms with E-state index in [1.54, 1.807) is 18.3 Å². The van der Waals surface area contributed by atoms with Crippen molar-refractivity contribution in [2.75, 3.05) is 18.9 Å². The number of hydrogen-bond acceptors (Lipinski definition) is 4. The summed E-state index contributed by atoms with van der Waals surface area (Å²) in [6, 6.07) is 1.69. The van der Waals surface area contributed by atoms with Crippen LogP contribution in [0.15, 0.2) is 12.4 Å². The van der Waals surface area contributed by atoms with E-state index in [1.165, 1.54) is 0 Å². The average molecular weight is 367 g/mol. The molecule has 9 heteroatoms. The van der Waals surface area contributed by atoms with E-state index in [9.17, 15) is 9.59 Å². The molecule has 0 radical (unpaired) electrons. The number of nitrogens with zero attached hydrogens (tertiary/aromatic N) is 3. The van der Waals surface area contributed by atoms with Gasteiger partial charge in [0.15, 0.2) is 5.69 Å². The first-order valence-corrected chi connectivity index (χ1v) is 8.77. The zero-order chi connectivity index (χ0) is 19.1. The minimum Gasteiger partial charge on any atom is -0.354 e. The van der Waals surface area contributed by atoms with Gasteiger partial charge in [0.05, 0.1) is 23.9 Å². The Morgan fingerprint density at radius 2 is 2.07 bits per heavy atom. The molecule has 3 aromatic rings. The van der Waals surface area contributed by atoms with E-state index in [2.05, 4.69) is 30.8 Å². The Kier molecular flexibility index (Phi) is 4.06. The molecular weight excluding hydrogens is 346 g/mol. The first kappa shape index (κ1) is 17.1. The molecule has 0 saturated carbocycles. The van der Waals surface area contributed by atoms with Crippen molar-refractivity contribution in [1.82, 2.24) is 30.4 Å². The fourth-order valence-electron chi connectivity index (χ4n) is 3.44. The Balaban J connectivity index is 1.57. The summed E-state index contributed by atoms with van der Waals surface area (Å²) in [5.74, 6) is -0.258. The fourth-order valence-corrected chi connectivity index (χ4v) is 3.44. The molecular formula is C18H21N7O2. The van der Waals surface area contributed by atoms with Crippen molar-refractivity contribution >= 4 is 28.7 Å². The third kappa shape index (κ3) is 2.80. The monoisotopic (exact) mass is 367 g/mol. The summed E-state index contributed by atoms with van der Waals surface area (Å²) in [5.41, 5.74) is 6.57. The second-order valence-electron chi connectivity index (χ2n) is 6.68. The van der Waals surface area contributed by atoms with Crippen LogP contribution in [0.2, 0.25) is 0 Å². The van der Waals surface area contributed by atoms with Gasteiger partial charge in [-0.25, -0.2) is 9.78 Å². The van der Waals surface area contributed by atoms with Gasteiger partial charge >= 0.3 is 6.03 Å². The van der Waals surface area contributed by atoms with Crippen LogP contribution in [0.1, 0.15) is 32.9 Å². The van der Waals surface area contributed by atoms with Gasteiger partial charge in [0.1, 0.15) is 0 Å². The minimum absolute atomic E-state index is 0.203. The summed E-state index contributed by atoms with van der Waals surface area (Å²) in [4.78, 5) is 33.9. The number of carbonyl (C=O) groups excluding carboxylic acids is 2. The van der Waals surface area contributed by atoms with Crippen molar-refractivity contribution in [2.45, 2.75) is 26.8 Å². The van der Waals surface area contributed by atoms with Gasteiger partial charge in [0.2, 0.25) is 0 Å². The standard InChI is InChI=1S/C18H21N7O2/c1-9-10(2)15-14(20-8-21-15)6-13(9)22-18(27)25-5-4-12-11(7-25)16(24-23-12)17(26)19-3/h6,8H,4-5,7H2,1-3H3,(H,19,26)(H,20,21)(H,22,27)(H,23,24). The van der Waals surface area contributed by atoms with Crippen LogP contribution >= 0.6 is 0 Å². The Bertz CT molecular complexity index is 1050. The van der Waals surface area contributed by atoms with Gasteiger partial charge in [-0.05, 0) is 31.0 Å². The predicted octanol–water partition coefficient (Wildman–Crippen LogP) is 1.85. The second kappa shape index (κ2) is 6.42. The van der Waals surface area contributed by atoms with Gasteiger partial charge in [-0.2, -0.15) is 5.10 Å². The van der Waals surface area contributed by atoms with Crippen molar-refractivity contribution in [3.05, 3.63) is 40.5 Å². The lowest BCUT2D eigenvalue weighted by Gasteiger charge is -2.27. The van der Waals surface area contributed by atoms with E-state index in [4.69, 9.17) is 0 Å². The number of rotatable bonds is 2. The number of benzene rings is 1. The molecule has 1 aliphatic heterocycles. The third-order valence-corrected chi connectivity index (χ3v) is 5.18. The number of aryl methyl sites for hydroxylation is 1. The molecule has 1 aromatic carbocycles. The van der Waals surface area contributed by atoms with E-state index in [0.717, 1.165) is 39.1 Å². The Morgan fingerprint density at radius 1 is 1.26 bits per heavy atom. The lowest BCUT2D eigenvalue weighted by Crippen LogP contribution is -2.39. The number of carbonyl (C=O) groups is 2. The molecule has 4 rings (SSSR count). The Morgan fingerprint density at radius 3 is 2.85 bits per heavy atom. The van der Waals surface area contributed by atoms with Gasteiger partial charge in [0, 0.05) is 37.0 Å². The molecule has 0 spiro atoms. The first-order chi connectivity index (χ1) is 13.0. The number of anilines is 1. The van der Waals surface area contributed by atoms with E-state index < -0.39 is 0 Å². The van der Waals surface area contributed by atoms with Gasteiger partial charge in [-0.1, -0.05) is 0 Å².